The van der Waals surface area contributed by atoms with Crippen molar-refractivity contribution in [3.63, 3.8) is 0 Å². The highest BCUT2D eigenvalue weighted by Gasteiger charge is 2.19. The molecule has 0 spiro atoms. The Kier molecular flexibility index (Phi) is 3.98. The molecule has 0 aliphatic carbocycles. The highest BCUT2D eigenvalue weighted by atomic mass is 16.3. The third kappa shape index (κ3) is 3.09. The van der Waals surface area contributed by atoms with E-state index in [9.17, 15) is 0 Å². The molecule has 3 N–H and O–H groups in total. The van der Waals surface area contributed by atoms with Crippen LogP contribution >= 0.6 is 0 Å². The van der Waals surface area contributed by atoms with Crippen LogP contribution in [-0.2, 0) is 0 Å². The molecule has 1 heterocycles. The average Bonchev–Trinajstić information content (AvgIpc) is 2.47. The fourth-order valence-corrected chi connectivity index (χ4v) is 1.80. The number of aliphatic hydroxyl groups excluding tert-OH is 1. The predicted octanol–water partition coefficient (Wildman–Crippen LogP) is 0.0379. The summed E-state index contributed by atoms with van der Waals surface area (Å²) in [6.45, 7) is 2.56. The van der Waals surface area contributed by atoms with Gasteiger partial charge in [-0.15, -0.1) is 0 Å². The van der Waals surface area contributed by atoms with Crippen molar-refractivity contribution >= 4 is 0 Å². The Morgan fingerprint density at radius 1 is 1.67 bits per heavy atom. The third-order valence-corrected chi connectivity index (χ3v) is 2.67. The largest absolute Gasteiger partial charge is 0.395 e. The Morgan fingerprint density at radius 3 is 2.92 bits per heavy atom. The molecule has 2 atom stereocenters. The number of nitrogens with zero attached hydrogens (tertiary/aromatic N) is 1. The molecule has 1 aliphatic rings. The van der Waals surface area contributed by atoms with Gasteiger partial charge in [-0.1, -0.05) is 0 Å². The lowest BCUT2D eigenvalue weighted by Gasteiger charge is -2.12. The first-order chi connectivity index (χ1) is 5.72. The molecular formula is C9H20N2O. The van der Waals surface area contributed by atoms with Gasteiger partial charge >= 0.3 is 0 Å². The molecule has 0 saturated carbocycles. The third-order valence-electron chi connectivity index (χ3n) is 2.67. The summed E-state index contributed by atoms with van der Waals surface area (Å²) in [5.74, 6) is 0.813. The van der Waals surface area contributed by atoms with Crippen molar-refractivity contribution < 1.29 is 5.11 Å². The topological polar surface area (TPSA) is 49.5 Å². The molecule has 3 heteroatoms. The van der Waals surface area contributed by atoms with E-state index >= 15 is 0 Å². The molecular weight excluding hydrogens is 152 g/mol. The van der Waals surface area contributed by atoms with Gasteiger partial charge in [-0.2, -0.15) is 0 Å². The molecule has 0 aromatic rings. The van der Waals surface area contributed by atoms with Crippen LogP contribution in [0.15, 0.2) is 0 Å². The van der Waals surface area contributed by atoms with E-state index in [-0.39, 0.29) is 12.6 Å². The molecule has 1 aliphatic heterocycles. The highest BCUT2D eigenvalue weighted by molar-refractivity contribution is 4.74. The quantitative estimate of drug-likeness (QED) is 0.629. The SMILES string of the molecule is CN1CCC(CCC(N)CO)C1. The van der Waals surface area contributed by atoms with E-state index in [0.29, 0.717) is 0 Å². The fraction of sp³-hybridized carbons (Fsp3) is 1.00. The van der Waals surface area contributed by atoms with Gasteiger partial charge in [0.15, 0.2) is 0 Å². The number of rotatable bonds is 4. The lowest BCUT2D eigenvalue weighted by molar-refractivity contribution is 0.252. The number of aliphatic hydroxyl groups is 1. The van der Waals surface area contributed by atoms with Crippen LogP contribution in [0.3, 0.4) is 0 Å². The molecule has 0 radical (unpaired) electrons. The van der Waals surface area contributed by atoms with Gasteiger partial charge in [0.25, 0.3) is 0 Å². The monoisotopic (exact) mass is 172 g/mol. The molecule has 0 amide bonds. The van der Waals surface area contributed by atoms with Crippen LogP contribution in [0.4, 0.5) is 0 Å². The Bertz CT molecular complexity index is 130. The van der Waals surface area contributed by atoms with Crippen molar-refractivity contribution in [1.29, 1.82) is 0 Å². The van der Waals surface area contributed by atoms with Crippen LogP contribution in [0.25, 0.3) is 0 Å². The van der Waals surface area contributed by atoms with Crippen molar-refractivity contribution in [3.05, 3.63) is 0 Å². The first-order valence-electron chi connectivity index (χ1n) is 4.77. The zero-order valence-electron chi connectivity index (χ0n) is 7.87. The van der Waals surface area contributed by atoms with Gasteiger partial charge in [-0.05, 0) is 38.8 Å². The summed E-state index contributed by atoms with van der Waals surface area (Å²) in [6.07, 6.45) is 3.44. The molecule has 0 aromatic carbocycles. The molecule has 0 aromatic heterocycles. The van der Waals surface area contributed by atoms with E-state index in [4.69, 9.17) is 10.8 Å². The smallest absolute Gasteiger partial charge is 0.0582 e. The van der Waals surface area contributed by atoms with E-state index in [1.54, 1.807) is 0 Å². The van der Waals surface area contributed by atoms with E-state index in [2.05, 4.69) is 11.9 Å². The first-order valence-corrected chi connectivity index (χ1v) is 4.77. The Labute approximate surface area is 74.5 Å². The first kappa shape index (κ1) is 9.96. The Morgan fingerprint density at radius 2 is 2.42 bits per heavy atom. The van der Waals surface area contributed by atoms with Gasteiger partial charge in [0, 0.05) is 12.6 Å². The van der Waals surface area contributed by atoms with Crippen LogP contribution in [0, 0.1) is 5.92 Å². The molecule has 1 saturated heterocycles. The summed E-state index contributed by atoms with van der Waals surface area (Å²) >= 11 is 0. The maximum Gasteiger partial charge on any atom is 0.0582 e. The molecule has 72 valence electrons. The van der Waals surface area contributed by atoms with Crippen LogP contribution < -0.4 is 5.73 Å². The van der Waals surface area contributed by atoms with E-state index in [0.717, 1.165) is 12.3 Å². The van der Waals surface area contributed by atoms with E-state index in [1.165, 1.54) is 25.9 Å². The lowest BCUT2D eigenvalue weighted by atomic mass is 10.00. The minimum Gasteiger partial charge on any atom is -0.395 e. The summed E-state index contributed by atoms with van der Waals surface area (Å²) in [4.78, 5) is 2.36. The zero-order valence-corrected chi connectivity index (χ0v) is 7.87. The van der Waals surface area contributed by atoms with Crippen LogP contribution in [0.1, 0.15) is 19.3 Å². The number of nitrogens with two attached hydrogens (primary N) is 1. The van der Waals surface area contributed by atoms with Gasteiger partial charge in [-0.3, -0.25) is 0 Å². The normalized spacial score (nSPS) is 27.8. The second-order valence-corrected chi connectivity index (χ2v) is 3.94. The van der Waals surface area contributed by atoms with Gasteiger partial charge in [-0.25, -0.2) is 0 Å². The Hall–Kier alpha value is -0.120. The summed E-state index contributed by atoms with van der Waals surface area (Å²) in [5, 5.41) is 8.73. The van der Waals surface area contributed by atoms with Crippen molar-refractivity contribution in [3.8, 4) is 0 Å². The van der Waals surface area contributed by atoms with Crippen molar-refractivity contribution in [2.24, 2.45) is 11.7 Å². The minimum absolute atomic E-state index is 0.00379. The van der Waals surface area contributed by atoms with Gasteiger partial charge < -0.3 is 15.7 Å². The standard InChI is InChI=1S/C9H20N2O/c1-11-5-4-8(6-11)2-3-9(10)7-12/h8-9,12H,2-7,10H2,1H3. The molecule has 3 nitrogen and oxygen atoms in total. The fourth-order valence-electron chi connectivity index (χ4n) is 1.80. The van der Waals surface area contributed by atoms with E-state index < -0.39 is 0 Å². The minimum atomic E-state index is -0.00379. The van der Waals surface area contributed by atoms with Gasteiger partial charge in [0.1, 0.15) is 0 Å². The number of likely N-dealkylation sites (tertiary alicyclic amines) is 1. The zero-order chi connectivity index (χ0) is 8.97. The average molecular weight is 172 g/mol. The van der Waals surface area contributed by atoms with Crippen molar-refractivity contribution in [1.82, 2.24) is 4.90 Å². The summed E-state index contributed by atoms with van der Waals surface area (Å²) in [7, 11) is 2.16. The van der Waals surface area contributed by atoms with Crippen LogP contribution in [0.5, 0.6) is 0 Å². The maximum atomic E-state index is 8.73. The summed E-state index contributed by atoms with van der Waals surface area (Å²) in [6, 6.07) is -0.00379. The lowest BCUT2D eigenvalue weighted by Crippen LogP contribution is -2.25. The van der Waals surface area contributed by atoms with E-state index in [1.807, 2.05) is 0 Å². The van der Waals surface area contributed by atoms with Crippen molar-refractivity contribution in [2.45, 2.75) is 25.3 Å². The summed E-state index contributed by atoms with van der Waals surface area (Å²) in [5.41, 5.74) is 5.62. The summed E-state index contributed by atoms with van der Waals surface area (Å²) < 4.78 is 0. The molecule has 12 heavy (non-hydrogen) atoms. The predicted molar refractivity (Wildman–Crippen MR) is 49.9 cm³/mol. The number of hydrogen-bond donors (Lipinski definition) is 2. The van der Waals surface area contributed by atoms with Crippen LogP contribution in [-0.4, -0.2) is 42.8 Å². The van der Waals surface area contributed by atoms with Crippen LogP contribution in [0.2, 0.25) is 0 Å². The van der Waals surface area contributed by atoms with Gasteiger partial charge in [0.05, 0.1) is 6.61 Å². The number of hydrogen-bond acceptors (Lipinski definition) is 3. The Balaban J connectivity index is 2.07. The molecule has 1 fully saturated rings. The maximum absolute atomic E-state index is 8.73. The molecule has 2 unspecified atom stereocenters. The molecule has 1 rings (SSSR count). The van der Waals surface area contributed by atoms with Crippen molar-refractivity contribution in [2.75, 3.05) is 26.7 Å². The van der Waals surface area contributed by atoms with Gasteiger partial charge in [0.2, 0.25) is 0 Å². The second-order valence-electron chi connectivity index (χ2n) is 3.94. The molecule has 0 bridgehead atoms. The highest BCUT2D eigenvalue weighted by Crippen LogP contribution is 2.19. The second kappa shape index (κ2) is 4.80.